The van der Waals surface area contributed by atoms with E-state index in [0.29, 0.717) is 0 Å². The highest BCUT2D eigenvalue weighted by molar-refractivity contribution is 4.84. The topological polar surface area (TPSA) is 127 Å². The molecule has 0 saturated carbocycles. The van der Waals surface area contributed by atoms with Gasteiger partial charge in [0.05, 0.1) is 12.7 Å². The maximum Gasteiger partial charge on any atom is 0.111 e. The normalized spacial score (nSPS) is 24.3. The smallest absolute Gasteiger partial charge is 0.111 e. The van der Waals surface area contributed by atoms with Crippen LogP contribution < -0.4 is 5.73 Å². The molecule has 0 bridgehead atoms. The Morgan fingerprint density at radius 1 is 1.15 bits per heavy atom. The first kappa shape index (κ1) is 10.8. The van der Waals surface area contributed by atoms with Crippen LogP contribution in [-0.4, -0.2) is 62.6 Å². The number of hydrogen-bond acceptors (Lipinski definition) is 6. The predicted molar refractivity (Wildman–Crippen MR) is 44.8 cm³/mol. The fraction of sp³-hybridized carbons (Fsp3) is 1.00. The van der Waals surface area contributed by atoms with Crippen molar-refractivity contribution in [3.05, 3.63) is 0 Å². The van der Waals surface area contributed by atoms with Crippen LogP contribution in [0.15, 0.2) is 0 Å². The fourth-order valence-corrected chi connectivity index (χ4v) is 0.791. The third kappa shape index (κ3) is 3.55. The van der Waals surface area contributed by atoms with E-state index in [1.807, 2.05) is 0 Å². The van der Waals surface area contributed by atoms with Gasteiger partial charge in [0.1, 0.15) is 18.3 Å². The van der Waals surface area contributed by atoms with E-state index in [1.165, 1.54) is 0 Å². The van der Waals surface area contributed by atoms with Gasteiger partial charge in [0.25, 0.3) is 0 Å². The summed E-state index contributed by atoms with van der Waals surface area (Å²) in [5, 5.41) is 45.1. The average Bonchev–Trinajstić information content (AvgIpc) is 2.23. The first-order chi connectivity index (χ1) is 6.45. The van der Waals surface area contributed by atoms with Gasteiger partial charge in [0.2, 0.25) is 0 Å². The lowest BCUT2D eigenvalue weighted by Crippen LogP contribution is -2.51. The minimum atomic E-state index is -1.69. The van der Waals surface area contributed by atoms with Crippen LogP contribution in [0.5, 0.6) is 0 Å². The van der Waals surface area contributed by atoms with Crippen LogP contribution >= 0.6 is 0 Å². The van der Waals surface area contributed by atoms with Crippen molar-refractivity contribution in [2.24, 2.45) is 5.73 Å². The van der Waals surface area contributed by atoms with Crippen molar-refractivity contribution < 1.29 is 26.9 Å². The zero-order chi connectivity index (χ0) is 11.3. The highest BCUT2D eigenvalue weighted by Gasteiger charge is 2.31. The summed E-state index contributed by atoms with van der Waals surface area (Å²) in [6.45, 7) is -1.05. The summed E-state index contributed by atoms with van der Waals surface area (Å²) in [4.78, 5) is 0. The van der Waals surface area contributed by atoms with Gasteiger partial charge in [-0.25, -0.2) is 0 Å². The average molecular weight is 196 g/mol. The first-order valence-corrected chi connectivity index (χ1v) is 3.83. The monoisotopic (exact) mass is 196 g/mol. The zero-order valence-corrected chi connectivity index (χ0v) is 7.11. The second kappa shape index (κ2) is 5.48. The predicted octanol–water partition coefficient (Wildman–Crippen LogP) is -3.23. The number of aliphatic hydroxyl groups is 5. The quantitative estimate of drug-likeness (QED) is 0.274. The van der Waals surface area contributed by atoms with Gasteiger partial charge in [0, 0.05) is 7.41 Å². The lowest BCUT2D eigenvalue weighted by atomic mass is 9.99. The standard InChI is InChI=1S/C7H17NO5/c1-3(8)5(11)7(13)6(12)4(10)2-9/h3-7,9-13H,2,8H2,1H3/t3?,4-,5+,6-,7-/m1/s1/i1D. The second-order valence-corrected chi connectivity index (χ2v) is 2.89. The third-order valence-electron chi connectivity index (χ3n) is 1.72. The van der Waals surface area contributed by atoms with Gasteiger partial charge in [-0.2, -0.15) is 0 Å². The Morgan fingerprint density at radius 2 is 1.69 bits per heavy atom. The zero-order valence-electron chi connectivity index (χ0n) is 8.11. The number of aliphatic hydroxyl groups excluding tert-OH is 5. The van der Waals surface area contributed by atoms with Crippen LogP contribution in [0.4, 0.5) is 0 Å². The molecule has 0 aromatic heterocycles. The van der Waals surface area contributed by atoms with Crippen LogP contribution in [0, 0.1) is 0 Å². The second-order valence-electron chi connectivity index (χ2n) is 2.89. The van der Waals surface area contributed by atoms with Gasteiger partial charge in [-0.15, -0.1) is 0 Å². The molecule has 0 rings (SSSR count). The summed E-state index contributed by atoms with van der Waals surface area (Å²) in [5.74, 6) is 0. The Kier molecular flexibility index (Phi) is 4.57. The maximum absolute atomic E-state index is 9.25. The van der Waals surface area contributed by atoms with E-state index < -0.39 is 37.1 Å². The van der Waals surface area contributed by atoms with Crippen molar-refractivity contribution in [3.63, 3.8) is 0 Å². The number of rotatable bonds is 5. The lowest BCUT2D eigenvalue weighted by Gasteiger charge is -2.27. The fourth-order valence-electron chi connectivity index (χ4n) is 0.791. The van der Waals surface area contributed by atoms with Crippen molar-refractivity contribution in [3.8, 4) is 0 Å². The molecule has 6 heteroatoms. The molecule has 7 N–H and O–H groups in total. The summed E-state index contributed by atoms with van der Waals surface area (Å²) in [6.07, 6.45) is -6.42. The van der Waals surface area contributed by atoms with Gasteiger partial charge in [-0.05, 0) is 6.90 Å². The minimum absolute atomic E-state index is 0.319. The van der Waals surface area contributed by atoms with Crippen molar-refractivity contribution in [2.75, 3.05) is 6.61 Å². The van der Waals surface area contributed by atoms with Crippen molar-refractivity contribution in [2.45, 2.75) is 37.4 Å². The molecule has 0 fully saturated rings. The summed E-state index contributed by atoms with van der Waals surface area (Å²) in [7, 11) is 0. The molecule has 0 heterocycles. The van der Waals surface area contributed by atoms with Crippen LogP contribution in [0.2, 0.25) is 0 Å². The molecule has 0 aliphatic heterocycles. The maximum atomic E-state index is 9.25. The van der Waals surface area contributed by atoms with Gasteiger partial charge >= 0.3 is 0 Å². The molecule has 1 unspecified atom stereocenters. The third-order valence-corrected chi connectivity index (χ3v) is 1.72. The van der Waals surface area contributed by atoms with E-state index in [4.69, 9.17) is 22.4 Å². The van der Waals surface area contributed by atoms with Crippen molar-refractivity contribution in [1.29, 1.82) is 0 Å². The molecule has 13 heavy (non-hydrogen) atoms. The number of nitrogens with two attached hydrogens (primary N) is 1. The van der Waals surface area contributed by atoms with E-state index in [-0.39, 0.29) is 6.90 Å². The van der Waals surface area contributed by atoms with Gasteiger partial charge in [0.15, 0.2) is 0 Å². The lowest BCUT2D eigenvalue weighted by molar-refractivity contribution is -0.118. The molecule has 0 aliphatic carbocycles. The molecule has 6 nitrogen and oxygen atoms in total. The van der Waals surface area contributed by atoms with Gasteiger partial charge < -0.3 is 31.3 Å². The van der Waals surface area contributed by atoms with E-state index in [1.54, 1.807) is 0 Å². The minimum Gasteiger partial charge on any atom is -0.394 e. The Bertz CT molecular complexity index is 145. The van der Waals surface area contributed by atoms with E-state index in [0.717, 1.165) is 0 Å². The molecule has 0 aromatic rings. The SMILES string of the molecule is [2H]CC(N)[C@H](O)[C@@H](O)[C@H](O)[C@H](O)CO. The van der Waals surface area contributed by atoms with Crippen LogP contribution in [-0.2, 0) is 0 Å². The van der Waals surface area contributed by atoms with Crippen LogP contribution in [0.3, 0.4) is 0 Å². The van der Waals surface area contributed by atoms with Crippen molar-refractivity contribution in [1.82, 2.24) is 0 Å². The summed E-state index contributed by atoms with van der Waals surface area (Å²) >= 11 is 0. The van der Waals surface area contributed by atoms with Gasteiger partial charge in [-0.1, -0.05) is 0 Å². The molecule has 5 atom stereocenters. The van der Waals surface area contributed by atoms with Crippen LogP contribution in [0.1, 0.15) is 8.27 Å². The summed E-state index contributed by atoms with van der Waals surface area (Å²) < 4.78 is 6.84. The highest BCUT2D eigenvalue weighted by Crippen LogP contribution is 2.06. The van der Waals surface area contributed by atoms with E-state index >= 15 is 0 Å². The number of hydrogen-bond donors (Lipinski definition) is 6. The molecule has 0 radical (unpaired) electrons. The Morgan fingerprint density at radius 3 is 2.08 bits per heavy atom. The summed E-state index contributed by atoms with van der Waals surface area (Å²) in [6, 6.07) is -1.01. The van der Waals surface area contributed by atoms with E-state index in [2.05, 4.69) is 0 Å². The Labute approximate surface area is 77.6 Å². The molecule has 0 saturated heterocycles. The molecule has 80 valence electrons. The van der Waals surface area contributed by atoms with Crippen LogP contribution in [0.25, 0.3) is 0 Å². The largest absolute Gasteiger partial charge is 0.394 e. The summed E-state index contributed by atoms with van der Waals surface area (Å²) in [5.41, 5.74) is 5.24. The molecule has 0 aliphatic rings. The molecular weight excluding hydrogens is 178 g/mol. The van der Waals surface area contributed by atoms with E-state index in [9.17, 15) is 10.2 Å². The molecule has 0 aromatic carbocycles. The highest BCUT2D eigenvalue weighted by atomic mass is 16.4. The Balaban J connectivity index is 4.22. The Hall–Kier alpha value is -0.240. The van der Waals surface area contributed by atoms with Crippen molar-refractivity contribution >= 4 is 0 Å². The molecular formula is C7H17NO5. The molecule has 0 spiro atoms. The molecule has 0 amide bonds. The van der Waals surface area contributed by atoms with Gasteiger partial charge in [-0.3, -0.25) is 0 Å². The first-order valence-electron chi connectivity index (χ1n) is 4.54.